The molecule has 1 aliphatic rings. The largest absolute Gasteiger partial charge is 0.508 e. The number of anilines is 1. The lowest BCUT2D eigenvalue weighted by molar-refractivity contribution is 0.475. The van der Waals surface area contributed by atoms with E-state index in [1.54, 1.807) is 12.1 Å². The van der Waals surface area contributed by atoms with E-state index in [4.69, 9.17) is 0 Å². The van der Waals surface area contributed by atoms with E-state index in [0.717, 1.165) is 38.3 Å². The molecule has 100 valence electrons. The predicted octanol–water partition coefficient (Wildman–Crippen LogP) is 1.12. The Bertz CT molecular complexity index is 529. The van der Waals surface area contributed by atoms with Gasteiger partial charge in [-0.05, 0) is 17.7 Å². The number of nitrogens with one attached hydrogen (secondary N) is 2. The predicted molar refractivity (Wildman–Crippen MR) is 74.6 cm³/mol. The van der Waals surface area contributed by atoms with Crippen LogP contribution in [0.3, 0.4) is 0 Å². The highest BCUT2D eigenvalue weighted by Gasteiger charge is 2.15. The van der Waals surface area contributed by atoms with Gasteiger partial charge in [-0.2, -0.15) is 5.10 Å². The summed E-state index contributed by atoms with van der Waals surface area (Å²) >= 11 is 0. The quantitative estimate of drug-likeness (QED) is 0.772. The molecule has 19 heavy (non-hydrogen) atoms. The van der Waals surface area contributed by atoms with Crippen molar-refractivity contribution in [2.75, 3.05) is 31.1 Å². The minimum Gasteiger partial charge on any atom is -0.508 e. The molecule has 0 atom stereocenters. The van der Waals surface area contributed by atoms with E-state index in [1.165, 1.54) is 11.3 Å². The fraction of sp³-hybridized carbons (Fsp3) is 0.357. The Balaban J connectivity index is 1.77. The number of phenols is 1. The topological polar surface area (TPSA) is 64.2 Å². The van der Waals surface area contributed by atoms with Crippen LogP contribution in [0.1, 0.15) is 11.3 Å². The zero-order chi connectivity index (χ0) is 13.1. The van der Waals surface area contributed by atoms with Gasteiger partial charge in [-0.1, -0.05) is 12.1 Å². The number of rotatable bonds is 3. The fourth-order valence-electron chi connectivity index (χ4n) is 2.43. The average Bonchev–Trinajstić information content (AvgIpc) is 2.90. The number of hydrogen-bond donors (Lipinski definition) is 3. The monoisotopic (exact) mass is 258 g/mol. The second-order valence-corrected chi connectivity index (χ2v) is 4.81. The molecule has 0 spiro atoms. The van der Waals surface area contributed by atoms with E-state index in [0.29, 0.717) is 5.75 Å². The number of nitrogens with zero attached hydrogens (tertiary/aromatic N) is 2. The van der Waals surface area contributed by atoms with E-state index in [9.17, 15) is 5.11 Å². The van der Waals surface area contributed by atoms with Gasteiger partial charge in [-0.25, -0.2) is 0 Å². The third-order valence-electron chi connectivity index (χ3n) is 3.47. The van der Waals surface area contributed by atoms with Crippen LogP contribution in [0.4, 0.5) is 5.69 Å². The van der Waals surface area contributed by atoms with Crippen LogP contribution >= 0.6 is 0 Å². The lowest BCUT2D eigenvalue weighted by Crippen LogP contribution is -2.43. The molecule has 1 aromatic carbocycles. The number of piperazine rings is 1. The van der Waals surface area contributed by atoms with Gasteiger partial charge < -0.3 is 15.3 Å². The molecule has 2 aromatic rings. The van der Waals surface area contributed by atoms with Crippen LogP contribution in [0.15, 0.2) is 30.5 Å². The van der Waals surface area contributed by atoms with Crippen LogP contribution in [0.2, 0.25) is 0 Å². The summed E-state index contributed by atoms with van der Waals surface area (Å²) in [7, 11) is 0. The number of aromatic hydroxyl groups is 1. The number of benzene rings is 1. The van der Waals surface area contributed by atoms with Crippen molar-refractivity contribution >= 4 is 5.69 Å². The van der Waals surface area contributed by atoms with Crippen molar-refractivity contribution in [1.29, 1.82) is 0 Å². The summed E-state index contributed by atoms with van der Waals surface area (Å²) in [4.78, 5) is 2.36. The summed E-state index contributed by atoms with van der Waals surface area (Å²) in [6.45, 7) is 4.07. The normalized spacial score (nSPS) is 15.7. The van der Waals surface area contributed by atoms with Crippen LogP contribution in [0, 0.1) is 0 Å². The highest BCUT2D eigenvalue weighted by molar-refractivity contribution is 5.51. The van der Waals surface area contributed by atoms with Gasteiger partial charge in [0, 0.05) is 32.6 Å². The fourth-order valence-corrected chi connectivity index (χ4v) is 2.43. The standard InChI is InChI=1S/C14H18N4O/c19-12-3-1-11(2-4-12)9-13-14(10-16-17-13)18-7-5-15-6-8-18/h1-4,10,15,19H,5-9H2,(H,16,17). The van der Waals surface area contributed by atoms with Gasteiger partial charge >= 0.3 is 0 Å². The van der Waals surface area contributed by atoms with Crippen LogP contribution in [-0.2, 0) is 6.42 Å². The van der Waals surface area contributed by atoms with Crippen LogP contribution in [-0.4, -0.2) is 41.5 Å². The van der Waals surface area contributed by atoms with Crippen molar-refractivity contribution < 1.29 is 5.11 Å². The highest BCUT2D eigenvalue weighted by atomic mass is 16.3. The number of aromatic nitrogens is 2. The van der Waals surface area contributed by atoms with E-state index in [2.05, 4.69) is 20.4 Å². The summed E-state index contributed by atoms with van der Waals surface area (Å²) in [6.07, 6.45) is 2.71. The van der Waals surface area contributed by atoms with E-state index < -0.39 is 0 Å². The van der Waals surface area contributed by atoms with Crippen molar-refractivity contribution in [2.45, 2.75) is 6.42 Å². The Kier molecular flexibility index (Phi) is 3.37. The molecule has 2 heterocycles. The zero-order valence-corrected chi connectivity index (χ0v) is 10.8. The van der Waals surface area contributed by atoms with Gasteiger partial charge in [0.1, 0.15) is 5.75 Å². The number of aromatic amines is 1. The molecule has 3 rings (SSSR count). The molecule has 1 saturated heterocycles. The summed E-state index contributed by atoms with van der Waals surface area (Å²) in [5, 5.41) is 19.9. The Morgan fingerprint density at radius 2 is 1.89 bits per heavy atom. The molecule has 5 nitrogen and oxygen atoms in total. The van der Waals surface area contributed by atoms with Gasteiger partial charge in [0.25, 0.3) is 0 Å². The maximum atomic E-state index is 9.31. The minimum absolute atomic E-state index is 0.302. The third kappa shape index (κ3) is 2.71. The lowest BCUT2D eigenvalue weighted by atomic mass is 10.1. The van der Waals surface area contributed by atoms with Crippen molar-refractivity contribution in [3.05, 3.63) is 41.7 Å². The van der Waals surface area contributed by atoms with Gasteiger partial charge in [0.15, 0.2) is 0 Å². The molecule has 0 radical (unpaired) electrons. The van der Waals surface area contributed by atoms with Gasteiger partial charge in [-0.3, -0.25) is 5.10 Å². The first-order valence-corrected chi connectivity index (χ1v) is 6.59. The summed E-state index contributed by atoms with van der Waals surface area (Å²) < 4.78 is 0. The van der Waals surface area contributed by atoms with E-state index >= 15 is 0 Å². The number of hydrogen-bond acceptors (Lipinski definition) is 4. The summed E-state index contributed by atoms with van der Waals surface area (Å²) in [5.41, 5.74) is 3.49. The molecule has 0 saturated carbocycles. The summed E-state index contributed by atoms with van der Waals surface area (Å²) in [5.74, 6) is 0.302. The van der Waals surface area contributed by atoms with Gasteiger partial charge in [0.2, 0.25) is 0 Å². The lowest BCUT2D eigenvalue weighted by Gasteiger charge is -2.29. The smallest absolute Gasteiger partial charge is 0.115 e. The van der Waals surface area contributed by atoms with Crippen LogP contribution in [0.5, 0.6) is 5.75 Å². The third-order valence-corrected chi connectivity index (χ3v) is 3.47. The molecule has 5 heteroatoms. The second kappa shape index (κ2) is 5.32. The molecular weight excluding hydrogens is 240 g/mol. The maximum Gasteiger partial charge on any atom is 0.115 e. The zero-order valence-electron chi connectivity index (χ0n) is 10.8. The first-order valence-electron chi connectivity index (χ1n) is 6.59. The van der Waals surface area contributed by atoms with Crippen molar-refractivity contribution in [3.63, 3.8) is 0 Å². The van der Waals surface area contributed by atoms with Crippen LogP contribution < -0.4 is 10.2 Å². The molecule has 1 fully saturated rings. The van der Waals surface area contributed by atoms with E-state index in [1.807, 2.05) is 18.3 Å². The molecular formula is C14H18N4O. The SMILES string of the molecule is Oc1ccc(Cc2[nH]ncc2N2CCNCC2)cc1. The molecule has 3 N–H and O–H groups in total. The van der Waals surface area contributed by atoms with Crippen molar-refractivity contribution in [1.82, 2.24) is 15.5 Å². The highest BCUT2D eigenvalue weighted by Crippen LogP contribution is 2.22. The molecule has 0 unspecified atom stereocenters. The Morgan fingerprint density at radius 1 is 1.16 bits per heavy atom. The van der Waals surface area contributed by atoms with Crippen LogP contribution in [0.25, 0.3) is 0 Å². The first kappa shape index (κ1) is 12.0. The minimum atomic E-state index is 0.302. The first-order chi connectivity index (χ1) is 9.33. The Labute approximate surface area is 112 Å². The van der Waals surface area contributed by atoms with Gasteiger partial charge in [-0.15, -0.1) is 0 Å². The van der Waals surface area contributed by atoms with Crippen molar-refractivity contribution in [3.8, 4) is 5.75 Å². The average molecular weight is 258 g/mol. The number of H-pyrrole nitrogens is 1. The van der Waals surface area contributed by atoms with Gasteiger partial charge in [0.05, 0.1) is 17.6 Å². The second-order valence-electron chi connectivity index (χ2n) is 4.81. The Hall–Kier alpha value is -2.01. The summed E-state index contributed by atoms with van der Waals surface area (Å²) in [6, 6.07) is 7.32. The number of phenolic OH excluding ortho intramolecular Hbond substituents is 1. The molecule has 0 bridgehead atoms. The van der Waals surface area contributed by atoms with Crippen molar-refractivity contribution in [2.24, 2.45) is 0 Å². The molecule has 1 aliphatic heterocycles. The Morgan fingerprint density at radius 3 is 2.63 bits per heavy atom. The molecule has 1 aromatic heterocycles. The van der Waals surface area contributed by atoms with E-state index in [-0.39, 0.29) is 0 Å². The maximum absolute atomic E-state index is 9.31. The molecule has 0 amide bonds. The molecule has 0 aliphatic carbocycles.